The van der Waals surface area contributed by atoms with Crippen LogP contribution in [0.5, 0.6) is 5.75 Å². The molecule has 4 rings (SSSR count). The topological polar surface area (TPSA) is 114 Å². The van der Waals surface area contributed by atoms with Gasteiger partial charge in [-0.05, 0) is 49.4 Å². The van der Waals surface area contributed by atoms with E-state index in [0.29, 0.717) is 17.7 Å². The Morgan fingerprint density at radius 3 is 2.54 bits per heavy atom. The lowest BCUT2D eigenvalue weighted by molar-refractivity contribution is -0.140. The molecule has 3 N–H and O–H groups in total. The first-order chi connectivity index (χ1) is 17.0. The number of nitrogens with one attached hydrogen (secondary N) is 1. The van der Waals surface area contributed by atoms with Crippen molar-refractivity contribution in [2.45, 2.75) is 57.4 Å². The van der Waals surface area contributed by atoms with Gasteiger partial charge in [-0.25, -0.2) is 5.01 Å². The number of allylic oxidation sites excluding steroid dienone is 2. The van der Waals surface area contributed by atoms with Gasteiger partial charge in [0.1, 0.15) is 5.75 Å². The van der Waals surface area contributed by atoms with Crippen molar-refractivity contribution in [2.75, 3.05) is 13.7 Å². The second kappa shape index (κ2) is 11.2. The summed E-state index contributed by atoms with van der Waals surface area (Å²) in [5.74, 6) is 4.63. The number of hydrogen-bond acceptors (Lipinski definition) is 5. The van der Waals surface area contributed by atoms with Crippen molar-refractivity contribution in [1.82, 2.24) is 10.3 Å². The van der Waals surface area contributed by atoms with Crippen LogP contribution in [-0.2, 0) is 14.4 Å². The lowest BCUT2D eigenvalue weighted by Crippen LogP contribution is -2.49. The van der Waals surface area contributed by atoms with Gasteiger partial charge in [-0.3, -0.25) is 14.4 Å². The Hall–Kier alpha value is -3.60. The molecule has 35 heavy (non-hydrogen) atoms. The van der Waals surface area contributed by atoms with Crippen molar-refractivity contribution in [3.63, 3.8) is 0 Å². The largest absolute Gasteiger partial charge is 0.495 e. The number of primary amides is 1. The number of benzene rings is 1. The van der Waals surface area contributed by atoms with E-state index in [-0.39, 0.29) is 30.3 Å². The van der Waals surface area contributed by atoms with Gasteiger partial charge in [-0.1, -0.05) is 43.8 Å². The van der Waals surface area contributed by atoms with Gasteiger partial charge in [0.2, 0.25) is 11.8 Å². The molecule has 0 bridgehead atoms. The summed E-state index contributed by atoms with van der Waals surface area (Å²) in [5.41, 5.74) is 7.34. The summed E-state index contributed by atoms with van der Waals surface area (Å²) < 4.78 is 5.45. The molecule has 3 amide bonds. The van der Waals surface area contributed by atoms with Crippen LogP contribution in [0.25, 0.3) is 0 Å². The fraction of sp³-hybridized carbons (Fsp3) is 0.481. The van der Waals surface area contributed by atoms with Crippen molar-refractivity contribution < 1.29 is 19.1 Å². The van der Waals surface area contributed by atoms with E-state index >= 15 is 0 Å². The lowest BCUT2D eigenvalue weighted by atomic mass is 9.76. The summed E-state index contributed by atoms with van der Waals surface area (Å²) in [7, 11) is 1.54. The maximum atomic E-state index is 13.5. The molecule has 8 heteroatoms. The molecule has 1 aromatic carbocycles. The van der Waals surface area contributed by atoms with Crippen LogP contribution in [0.3, 0.4) is 0 Å². The van der Waals surface area contributed by atoms with Gasteiger partial charge < -0.3 is 15.8 Å². The quantitative estimate of drug-likeness (QED) is 0.386. The van der Waals surface area contributed by atoms with Crippen LogP contribution in [0.4, 0.5) is 0 Å². The summed E-state index contributed by atoms with van der Waals surface area (Å²) in [4.78, 5) is 36.3. The number of carbonyl (C=O) groups is 3. The Bertz CT molecular complexity index is 1110. The van der Waals surface area contributed by atoms with E-state index in [1.165, 1.54) is 12.8 Å². The normalized spacial score (nSPS) is 22.3. The van der Waals surface area contributed by atoms with E-state index in [0.717, 1.165) is 43.4 Å². The fourth-order valence-corrected chi connectivity index (χ4v) is 5.14. The number of hydrazone groups is 1. The molecule has 8 nitrogen and oxygen atoms in total. The summed E-state index contributed by atoms with van der Waals surface area (Å²) in [6, 6.07) is 5.75. The molecule has 1 saturated carbocycles. The number of fused-ring (bicyclic) bond motifs is 1. The fourth-order valence-electron chi connectivity index (χ4n) is 5.14. The smallest absolute Gasteiger partial charge is 0.296 e. The van der Waals surface area contributed by atoms with E-state index in [2.05, 4.69) is 29.3 Å². The summed E-state index contributed by atoms with van der Waals surface area (Å²) in [5, 5.41) is 9.10. The lowest BCUT2D eigenvalue weighted by Gasteiger charge is -2.40. The molecule has 2 aliphatic carbocycles. The molecule has 0 aromatic heterocycles. The maximum Gasteiger partial charge on any atom is 0.296 e. The molecule has 1 aliphatic heterocycles. The van der Waals surface area contributed by atoms with Crippen LogP contribution in [0.1, 0.15) is 62.5 Å². The molecule has 3 aliphatic rings. The van der Waals surface area contributed by atoms with Crippen LogP contribution < -0.4 is 15.8 Å². The number of amides is 3. The number of methoxy groups -OCH3 is 1. The number of nitrogens with two attached hydrogens (primary N) is 1. The highest BCUT2D eigenvalue weighted by Gasteiger charge is 2.42. The molecule has 184 valence electrons. The van der Waals surface area contributed by atoms with Crippen LogP contribution in [0.15, 0.2) is 35.5 Å². The number of nitrogens with zero attached hydrogens (tertiary/aromatic N) is 2. The first-order valence-electron chi connectivity index (χ1n) is 12.3. The average Bonchev–Trinajstić information content (AvgIpc) is 3.16. The summed E-state index contributed by atoms with van der Waals surface area (Å²) in [6.45, 7) is -0.275. The van der Waals surface area contributed by atoms with Gasteiger partial charge in [0.25, 0.3) is 5.91 Å². The third-order valence-electron chi connectivity index (χ3n) is 6.94. The van der Waals surface area contributed by atoms with Crippen molar-refractivity contribution in [1.29, 1.82) is 0 Å². The molecule has 0 unspecified atom stereocenters. The molecule has 0 radical (unpaired) electrons. The van der Waals surface area contributed by atoms with Crippen molar-refractivity contribution in [2.24, 2.45) is 22.7 Å². The monoisotopic (exact) mass is 476 g/mol. The van der Waals surface area contributed by atoms with E-state index in [1.807, 2.05) is 18.2 Å². The highest BCUT2D eigenvalue weighted by molar-refractivity contribution is 6.07. The van der Waals surface area contributed by atoms with E-state index in [4.69, 9.17) is 15.6 Å². The van der Waals surface area contributed by atoms with Crippen molar-refractivity contribution in [3.8, 4) is 17.6 Å². The van der Waals surface area contributed by atoms with Gasteiger partial charge in [-0.2, -0.15) is 5.10 Å². The maximum absolute atomic E-state index is 13.5. The predicted octanol–water partition coefficient (Wildman–Crippen LogP) is 2.50. The Kier molecular flexibility index (Phi) is 7.86. The van der Waals surface area contributed by atoms with Crippen LogP contribution in [-0.4, -0.2) is 48.1 Å². The van der Waals surface area contributed by atoms with Gasteiger partial charge in [0, 0.05) is 11.8 Å². The van der Waals surface area contributed by atoms with Gasteiger partial charge >= 0.3 is 0 Å². The zero-order chi connectivity index (χ0) is 24.8. The Morgan fingerprint density at radius 1 is 1.14 bits per heavy atom. The van der Waals surface area contributed by atoms with E-state index < -0.39 is 11.8 Å². The summed E-state index contributed by atoms with van der Waals surface area (Å²) in [6.07, 6.45) is 12.3. The molecule has 1 fully saturated rings. The number of carbonyl (C=O) groups excluding carboxylic acids is 3. The molecule has 1 aromatic rings. The third-order valence-corrected chi connectivity index (χ3v) is 6.94. The predicted molar refractivity (Wildman–Crippen MR) is 132 cm³/mol. The van der Waals surface area contributed by atoms with Crippen LogP contribution in [0, 0.1) is 23.7 Å². The van der Waals surface area contributed by atoms with Crippen molar-refractivity contribution in [3.05, 3.63) is 41.5 Å². The third kappa shape index (κ3) is 5.73. The SMILES string of the molecule is COc1ccc(C2=NN(C3CCCCCC3)C(=O)[C@@H]3CC=CC[C@H]23)cc1C#CC(=O)NCC(N)=O. The van der Waals surface area contributed by atoms with Gasteiger partial charge in [0.15, 0.2) is 0 Å². The molecule has 0 spiro atoms. The highest BCUT2D eigenvalue weighted by Crippen LogP contribution is 2.37. The number of rotatable bonds is 5. The van der Waals surface area contributed by atoms with Crippen LogP contribution >= 0.6 is 0 Å². The first-order valence-corrected chi connectivity index (χ1v) is 12.3. The first kappa shape index (κ1) is 24.5. The molecular weight excluding hydrogens is 444 g/mol. The molecule has 0 saturated heterocycles. The zero-order valence-corrected chi connectivity index (χ0v) is 20.1. The average molecular weight is 477 g/mol. The standard InChI is InChI=1S/C27H32N4O4/c1-35-23-14-12-19(16-18(23)13-15-25(33)29-17-24(28)32)26-21-10-6-7-11-22(21)27(34)31(30-26)20-8-4-2-3-5-9-20/h6-7,12,14,16,20-22H,2-5,8-11,17H2,1H3,(H2,28,32)(H,29,33)/t21-,22+/m0/s1. The van der Waals surface area contributed by atoms with Gasteiger partial charge in [0.05, 0.1) is 36.9 Å². The van der Waals surface area contributed by atoms with Crippen molar-refractivity contribution >= 4 is 23.4 Å². The zero-order valence-electron chi connectivity index (χ0n) is 20.1. The van der Waals surface area contributed by atoms with E-state index in [1.54, 1.807) is 12.1 Å². The second-order valence-corrected chi connectivity index (χ2v) is 9.28. The number of hydrogen-bond donors (Lipinski definition) is 2. The van der Waals surface area contributed by atoms with Crippen LogP contribution in [0.2, 0.25) is 0 Å². The highest BCUT2D eigenvalue weighted by atomic mass is 16.5. The van der Waals surface area contributed by atoms with E-state index in [9.17, 15) is 14.4 Å². The van der Waals surface area contributed by atoms with Gasteiger partial charge in [-0.15, -0.1) is 0 Å². The summed E-state index contributed by atoms with van der Waals surface area (Å²) >= 11 is 0. The minimum absolute atomic E-state index is 0.00240. The Morgan fingerprint density at radius 2 is 1.86 bits per heavy atom. The molecule has 2 atom stereocenters. The second-order valence-electron chi connectivity index (χ2n) is 9.28. The minimum Gasteiger partial charge on any atom is -0.495 e. The molecule has 1 heterocycles. The Balaban J connectivity index is 1.69. The Labute approximate surface area is 206 Å². The molecular formula is C27H32N4O4. The minimum atomic E-state index is -0.640. The number of ether oxygens (including phenoxy) is 1.